The van der Waals surface area contributed by atoms with Crippen LogP contribution in [0.4, 0.5) is 0 Å². The van der Waals surface area contributed by atoms with Gasteiger partial charge < -0.3 is 15.2 Å². The molecular formula is C15H24ClN3O2S. The van der Waals surface area contributed by atoms with Crippen LogP contribution in [-0.2, 0) is 11.3 Å². The molecule has 22 heavy (non-hydrogen) atoms. The highest BCUT2D eigenvalue weighted by atomic mass is 35.5. The molecule has 0 spiro atoms. The summed E-state index contributed by atoms with van der Waals surface area (Å²) in [5.74, 6) is 1.24. The second-order valence-electron chi connectivity index (χ2n) is 6.38. The van der Waals surface area contributed by atoms with Crippen molar-refractivity contribution in [2.45, 2.75) is 45.7 Å². The van der Waals surface area contributed by atoms with Crippen LogP contribution in [0.2, 0.25) is 0 Å². The Morgan fingerprint density at radius 2 is 2.05 bits per heavy atom. The minimum absolute atomic E-state index is 0. The highest BCUT2D eigenvalue weighted by Crippen LogP contribution is 2.37. The molecule has 2 fully saturated rings. The first kappa shape index (κ1) is 17.5. The molecule has 1 saturated carbocycles. The molecule has 3 atom stereocenters. The predicted molar refractivity (Wildman–Crippen MR) is 90.7 cm³/mol. The Labute approximate surface area is 140 Å². The van der Waals surface area contributed by atoms with Crippen molar-refractivity contribution in [1.82, 2.24) is 9.47 Å². The maximum absolute atomic E-state index is 12.4. The monoisotopic (exact) mass is 345 g/mol. The fraction of sp³-hybridized carbons (Fsp3) is 0.733. The molecule has 3 rings (SSSR count). The second-order valence-corrected chi connectivity index (χ2v) is 7.54. The molecule has 124 valence electrons. The molecule has 3 unspecified atom stereocenters. The molecule has 1 saturated heterocycles. The number of aryl methyl sites for hydroxylation is 1. The average molecular weight is 346 g/mol. The number of carbonyl (C=O) groups is 1. The van der Waals surface area contributed by atoms with Gasteiger partial charge in [0.1, 0.15) is 0 Å². The number of aromatic nitrogens is 1. The SMILES string of the molecule is Cc1sc(=O)n(CCC(=O)N2CC3CCC(N)C3C2)c1C.Cl. The number of carbonyl (C=O) groups excluding carboxylic acids is 1. The zero-order chi connectivity index (χ0) is 15.1. The first-order valence-corrected chi connectivity index (χ1v) is 8.49. The van der Waals surface area contributed by atoms with Crippen LogP contribution in [0.5, 0.6) is 0 Å². The highest BCUT2D eigenvalue weighted by molar-refractivity contribution is 7.09. The lowest BCUT2D eigenvalue weighted by molar-refractivity contribution is -0.130. The van der Waals surface area contributed by atoms with E-state index in [0.717, 1.165) is 36.5 Å². The Kier molecular flexibility index (Phi) is 5.35. The van der Waals surface area contributed by atoms with Crippen molar-refractivity contribution in [2.75, 3.05) is 13.1 Å². The van der Waals surface area contributed by atoms with E-state index in [0.29, 0.717) is 24.8 Å². The van der Waals surface area contributed by atoms with Crippen LogP contribution < -0.4 is 10.6 Å². The number of thiazole rings is 1. The van der Waals surface area contributed by atoms with Gasteiger partial charge in [0.2, 0.25) is 5.91 Å². The summed E-state index contributed by atoms with van der Waals surface area (Å²) in [6.45, 7) is 6.04. The van der Waals surface area contributed by atoms with E-state index in [9.17, 15) is 9.59 Å². The van der Waals surface area contributed by atoms with Crippen molar-refractivity contribution in [3.63, 3.8) is 0 Å². The molecule has 2 N–H and O–H groups in total. The maximum Gasteiger partial charge on any atom is 0.307 e. The van der Waals surface area contributed by atoms with Crippen LogP contribution in [0, 0.1) is 25.7 Å². The molecule has 2 heterocycles. The number of hydrogen-bond donors (Lipinski definition) is 1. The van der Waals surface area contributed by atoms with Crippen LogP contribution in [0.1, 0.15) is 29.8 Å². The summed E-state index contributed by atoms with van der Waals surface area (Å²) in [7, 11) is 0. The van der Waals surface area contributed by atoms with E-state index in [2.05, 4.69) is 0 Å². The number of nitrogens with zero attached hydrogens (tertiary/aromatic N) is 2. The Morgan fingerprint density at radius 3 is 2.64 bits per heavy atom. The maximum atomic E-state index is 12.4. The van der Waals surface area contributed by atoms with Gasteiger partial charge in [-0.1, -0.05) is 11.3 Å². The van der Waals surface area contributed by atoms with Gasteiger partial charge >= 0.3 is 4.87 Å². The largest absolute Gasteiger partial charge is 0.342 e. The van der Waals surface area contributed by atoms with Gasteiger partial charge in [0, 0.05) is 42.7 Å². The Balaban J connectivity index is 0.00000176. The molecule has 0 aromatic carbocycles. The number of likely N-dealkylation sites (tertiary alicyclic amines) is 1. The summed E-state index contributed by atoms with van der Waals surface area (Å²) >= 11 is 1.26. The predicted octanol–water partition coefficient (Wildman–Crippen LogP) is 1.53. The molecule has 1 aliphatic carbocycles. The number of amides is 1. The fourth-order valence-corrected chi connectivity index (χ4v) is 4.58. The van der Waals surface area contributed by atoms with Crippen molar-refractivity contribution in [3.05, 3.63) is 20.2 Å². The summed E-state index contributed by atoms with van der Waals surface area (Å²) in [5.41, 5.74) is 7.09. The minimum atomic E-state index is 0. The smallest absolute Gasteiger partial charge is 0.307 e. The normalized spacial score (nSPS) is 26.9. The standard InChI is InChI=1S/C15H23N3O2S.ClH/c1-9-10(2)21-15(20)18(9)6-5-14(19)17-7-11-3-4-13(16)12(11)8-17;/h11-13H,3-8,16H2,1-2H3;1H. The van der Waals surface area contributed by atoms with Crippen molar-refractivity contribution in [1.29, 1.82) is 0 Å². The van der Waals surface area contributed by atoms with Crippen molar-refractivity contribution < 1.29 is 4.79 Å². The third-order valence-corrected chi connectivity index (χ3v) is 6.19. The second kappa shape index (κ2) is 6.72. The topological polar surface area (TPSA) is 68.3 Å². The van der Waals surface area contributed by atoms with E-state index >= 15 is 0 Å². The first-order valence-electron chi connectivity index (χ1n) is 7.67. The molecule has 5 nitrogen and oxygen atoms in total. The molecule has 1 amide bonds. The quantitative estimate of drug-likeness (QED) is 0.903. The first-order chi connectivity index (χ1) is 9.97. The lowest BCUT2D eigenvalue weighted by Gasteiger charge is -2.19. The van der Waals surface area contributed by atoms with Gasteiger partial charge in [-0.05, 0) is 38.5 Å². The lowest BCUT2D eigenvalue weighted by Crippen LogP contribution is -2.34. The molecule has 2 aliphatic rings. The Bertz CT molecular complexity index is 612. The van der Waals surface area contributed by atoms with Crippen molar-refractivity contribution in [3.8, 4) is 0 Å². The average Bonchev–Trinajstić information content (AvgIpc) is 3.07. The number of hydrogen-bond acceptors (Lipinski definition) is 4. The number of fused-ring (bicyclic) bond motifs is 1. The zero-order valence-corrected chi connectivity index (χ0v) is 14.7. The van der Waals surface area contributed by atoms with Gasteiger partial charge in [0.25, 0.3) is 0 Å². The van der Waals surface area contributed by atoms with Crippen LogP contribution in [0.25, 0.3) is 0 Å². The van der Waals surface area contributed by atoms with E-state index in [4.69, 9.17) is 5.73 Å². The van der Waals surface area contributed by atoms with Gasteiger partial charge in [0.05, 0.1) is 0 Å². The zero-order valence-electron chi connectivity index (χ0n) is 13.1. The molecule has 1 aliphatic heterocycles. The molecule has 1 aromatic heterocycles. The Hall–Kier alpha value is -0.850. The lowest BCUT2D eigenvalue weighted by atomic mass is 9.98. The number of halogens is 1. The van der Waals surface area contributed by atoms with Crippen LogP contribution in [0.3, 0.4) is 0 Å². The summed E-state index contributed by atoms with van der Waals surface area (Å²) in [5, 5.41) is 0. The van der Waals surface area contributed by atoms with Gasteiger partial charge in [-0.25, -0.2) is 0 Å². The van der Waals surface area contributed by atoms with Crippen LogP contribution >= 0.6 is 23.7 Å². The fourth-order valence-electron chi connectivity index (χ4n) is 3.72. The van der Waals surface area contributed by atoms with Gasteiger partial charge in [-0.3, -0.25) is 9.59 Å². The van der Waals surface area contributed by atoms with E-state index in [-0.39, 0.29) is 29.2 Å². The molecule has 0 bridgehead atoms. The van der Waals surface area contributed by atoms with Crippen LogP contribution in [0.15, 0.2) is 4.79 Å². The summed E-state index contributed by atoms with van der Waals surface area (Å²) in [4.78, 5) is 27.2. The van der Waals surface area contributed by atoms with E-state index in [1.165, 1.54) is 11.3 Å². The highest BCUT2D eigenvalue weighted by Gasteiger charge is 2.42. The number of nitrogens with two attached hydrogens (primary N) is 1. The third-order valence-electron chi connectivity index (χ3n) is 5.19. The third kappa shape index (κ3) is 3.09. The molecule has 0 radical (unpaired) electrons. The van der Waals surface area contributed by atoms with Crippen LogP contribution in [-0.4, -0.2) is 34.5 Å². The molecule has 7 heteroatoms. The minimum Gasteiger partial charge on any atom is -0.342 e. The summed E-state index contributed by atoms with van der Waals surface area (Å²) < 4.78 is 1.72. The van der Waals surface area contributed by atoms with Crippen molar-refractivity contribution >= 4 is 29.7 Å². The van der Waals surface area contributed by atoms with Gasteiger partial charge in [0.15, 0.2) is 0 Å². The van der Waals surface area contributed by atoms with Gasteiger partial charge in [-0.15, -0.1) is 12.4 Å². The van der Waals surface area contributed by atoms with Crippen molar-refractivity contribution in [2.24, 2.45) is 17.6 Å². The molecular weight excluding hydrogens is 322 g/mol. The van der Waals surface area contributed by atoms with E-state index in [1.54, 1.807) is 4.57 Å². The van der Waals surface area contributed by atoms with E-state index in [1.807, 2.05) is 18.7 Å². The molecule has 1 aromatic rings. The number of rotatable bonds is 3. The van der Waals surface area contributed by atoms with Gasteiger partial charge in [-0.2, -0.15) is 0 Å². The summed E-state index contributed by atoms with van der Waals surface area (Å²) in [6.07, 6.45) is 2.66. The summed E-state index contributed by atoms with van der Waals surface area (Å²) in [6, 6.07) is 0.261. The Morgan fingerprint density at radius 1 is 1.32 bits per heavy atom. The van der Waals surface area contributed by atoms with E-state index < -0.39 is 0 Å².